The van der Waals surface area contributed by atoms with Gasteiger partial charge in [0.25, 0.3) is 5.91 Å². The van der Waals surface area contributed by atoms with Crippen LogP contribution in [-0.4, -0.2) is 88.6 Å². The Bertz CT molecular complexity index is 1650. The van der Waals surface area contributed by atoms with Crippen molar-refractivity contribution < 1.29 is 33.8 Å². The molecular formula is C36H39BrClN3O7. The number of ether oxygens (including phenoxy) is 2. The van der Waals surface area contributed by atoms with E-state index in [0.29, 0.717) is 33.6 Å². The molecule has 5 bridgehead atoms. The maximum Gasteiger partial charge on any atom is 0.313 e. The minimum Gasteiger partial charge on any atom is -0.455 e. The Kier molecular flexibility index (Phi) is 9.86. The summed E-state index contributed by atoms with van der Waals surface area (Å²) in [7, 11) is 1.68. The first kappa shape index (κ1) is 34.4. The molecule has 0 aliphatic carbocycles. The maximum absolute atomic E-state index is 15.0. The number of fused-ring (bicyclic) bond motifs is 2. The minimum absolute atomic E-state index is 0.0913. The number of nitrogens with zero attached hydrogens (tertiary/aromatic N) is 3. The van der Waals surface area contributed by atoms with Crippen LogP contribution in [0.25, 0.3) is 0 Å². The molecule has 8 atom stereocenters. The van der Waals surface area contributed by atoms with Crippen molar-refractivity contribution >= 4 is 56.9 Å². The summed E-state index contributed by atoms with van der Waals surface area (Å²) in [5.74, 6) is -3.96. The van der Waals surface area contributed by atoms with Gasteiger partial charge in [-0.2, -0.15) is 0 Å². The number of hydrogen-bond donors (Lipinski definition) is 1. The van der Waals surface area contributed by atoms with E-state index in [2.05, 4.69) is 15.9 Å². The fraction of sp³-hybridized carbons (Fsp3) is 0.444. The van der Waals surface area contributed by atoms with Crippen molar-refractivity contribution in [3.63, 3.8) is 0 Å². The number of anilines is 1. The van der Waals surface area contributed by atoms with Gasteiger partial charge in [0, 0.05) is 24.5 Å². The SMILES string of the molecule is CC[C@@H](CO)N1C(=O)[C@H]2[C@@H]3C(=O)O[C@H](c4ccccc4)[C@@H](C)N(C)C(=O)CC/C=C\CN(c4ccccc4Cl)C(=O)[C@H]1[C@@]21C=C(Br)[C@@H]3O1. The fourth-order valence-electron chi connectivity index (χ4n) is 7.54. The fourth-order valence-corrected chi connectivity index (χ4v) is 8.51. The predicted octanol–water partition coefficient (Wildman–Crippen LogP) is 4.80. The van der Waals surface area contributed by atoms with Crippen LogP contribution in [0.5, 0.6) is 0 Å². The van der Waals surface area contributed by atoms with E-state index in [0.717, 1.165) is 0 Å². The van der Waals surface area contributed by atoms with Gasteiger partial charge in [0.2, 0.25) is 11.8 Å². The molecule has 0 radical (unpaired) electrons. The highest BCUT2D eigenvalue weighted by atomic mass is 79.9. The van der Waals surface area contributed by atoms with Crippen LogP contribution in [0.2, 0.25) is 5.02 Å². The summed E-state index contributed by atoms with van der Waals surface area (Å²) in [6, 6.07) is 13.6. The van der Waals surface area contributed by atoms with Gasteiger partial charge in [-0.25, -0.2) is 0 Å². The van der Waals surface area contributed by atoms with Gasteiger partial charge >= 0.3 is 5.97 Å². The molecule has 254 valence electrons. The molecule has 1 spiro atoms. The zero-order valence-electron chi connectivity index (χ0n) is 27.0. The number of hydrogen-bond acceptors (Lipinski definition) is 7. The molecule has 48 heavy (non-hydrogen) atoms. The molecule has 12 heteroatoms. The number of carbonyl (C=O) groups is 4. The number of likely N-dealkylation sites (tertiary alicyclic amines) is 1. The van der Waals surface area contributed by atoms with Gasteiger partial charge in [-0.1, -0.05) is 89.1 Å². The lowest BCUT2D eigenvalue weighted by Crippen LogP contribution is -2.58. The molecule has 10 nitrogen and oxygen atoms in total. The molecule has 2 aromatic carbocycles. The number of allylic oxidation sites excluding steroid dienone is 1. The third-order valence-electron chi connectivity index (χ3n) is 10.1. The van der Waals surface area contributed by atoms with Crippen LogP contribution in [0.1, 0.15) is 44.8 Å². The Balaban J connectivity index is 1.51. The summed E-state index contributed by atoms with van der Waals surface area (Å²) >= 11 is 10.2. The van der Waals surface area contributed by atoms with Crippen LogP contribution in [0.15, 0.2) is 77.3 Å². The van der Waals surface area contributed by atoms with Crippen molar-refractivity contribution in [3.05, 3.63) is 87.9 Å². The number of aliphatic hydroxyl groups is 1. The quantitative estimate of drug-likeness (QED) is 0.346. The molecular weight excluding hydrogens is 702 g/mol. The molecule has 0 aromatic heterocycles. The van der Waals surface area contributed by atoms with Gasteiger partial charge in [0.15, 0.2) is 0 Å². The highest BCUT2D eigenvalue weighted by Gasteiger charge is 2.75. The van der Waals surface area contributed by atoms with Gasteiger partial charge in [0.1, 0.15) is 29.8 Å². The highest BCUT2D eigenvalue weighted by molar-refractivity contribution is 9.11. The van der Waals surface area contributed by atoms with E-state index < -0.39 is 72.2 Å². The van der Waals surface area contributed by atoms with Crippen molar-refractivity contribution in [2.75, 3.05) is 25.1 Å². The number of halogens is 2. The van der Waals surface area contributed by atoms with Gasteiger partial charge in [-0.05, 0) is 43.5 Å². The molecule has 3 amide bonds. The Morgan fingerprint density at radius 1 is 1.02 bits per heavy atom. The second-order valence-corrected chi connectivity index (χ2v) is 14.1. The number of likely N-dealkylation sites (N-methyl/N-ethyl adjacent to an activating group) is 1. The Morgan fingerprint density at radius 2 is 1.73 bits per heavy atom. The first-order chi connectivity index (χ1) is 23.0. The zero-order chi connectivity index (χ0) is 34.3. The Labute approximate surface area is 293 Å². The van der Waals surface area contributed by atoms with Crippen LogP contribution in [0.4, 0.5) is 5.69 Å². The lowest BCUT2D eigenvalue weighted by molar-refractivity contribution is -0.164. The van der Waals surface area contributed by atoms with Crippen molar-refractivity contribution in [2.45, 2.75) is 69.0 Å². The molecule has 0 unspecified atom stereocenters. The summed E-state index contributed by atoms with van der Waals surface area (Å²) in [6.07, 6.45) is 4.61. The molecule has 4 aliphatic rings. The van der Waals surface area contributed by atoms with Gasteiger partial charge in [-0.15, -0.1) is 0 Å². The van der Waals surface area contributed by atoms with E-state index in [9.17, 15) is 24.3 Å². The Morgan fingerprint density at radius 3 is 2.42 bits per heavy atom. The maximum atomic E-state index is 15.0. The van der Waals surface area contributed by atoms with E-state index in [1.165, 1.54) is 9.80 Å². The largest absolute Gasteiger partial charge is 0.455 e. The van der Waals surface area contributed by atoms with E-state index in [4.69, 9.17) is 21.1 Å². The van der Waals surface area contributed by atoms with Gasteiger partial charge in [0.05, 0.1) is 35.3 Å². The molecule has 2 fully saturated rings. The van der Waals surface area contributed by atoms with E-state index in [1.807, 2.05) is 50.3 Å². The third-order valence-corrected chi connectivity index (χ3v) is 11.1. The lowest BCUT2D eigenvalue weighted by atomic mass is 9.74. The van der Waals surface area contributed by atoms with Crippen molar-refractivity contribution in [3.8, 4) is 0 Å². The summed E-state index contributed by atoms with van der Waals surface area (Å²) in [4.78, 5) is 61.9. The number of para-hydroxylation sites is 1. The van der Waals surface area contributed by atoms with Crippen molar-refractivity contribution in [2.24, 2.45) is 11.8 Å². The number of carbonyl (C=O) groups excluding carboxylic acids is 4. The zero-order valence-corrected chi connectivity index (χ0v) is 29.3. The van der Waals surface area contributed by atoms with E-state index in [-0.39, 0.29) is 18.9 Å². The average molecular weight is 741 g/mol. The Hall–Kier alpha value is -3.51. The van der Waals surface area contributed by atoms with Crippen molar-refractivity contribution in [1.82, 2.24) is 9.80 Å². The smallest absolute Gasteiger partial charge is 0.313 e. The average Bonchev–Trinajstić information content (AvgIpc) is 3.68. The second-order valence-electron chi connectivity index (χ2n) is 12.7. The van der Waals surface area contributed by atoms with Crippen LogP contribution in [0, 0.1) is 11.8 Å². The number of esters is 1. The normalized spacial score (nSPS) is 32.3. The van der Waals surface area contributed by atoms with Crippen LogP contribution in [-0.2, 0) is 28.7 Å². The van der Waals surface area contributed by atoms with Crippen LogP contribution >= 0.6 is 27.5 Å². The molecule has 6 rings (SSSR count). The molecule has 2 saturated heterocycles. The number of rotatable bonds is 5. The molecule has 4 aliphatic heterocycles. The van der Waals surface area contributed by atoms with Crippen molar-refractivity contribution in [1.29, 1.82) is 0 Å². The minimum atomic E-state index is -1.53. The second kappa shape index (κ2) is 13.8. The first-order valence-electron chi connectivity index (χ1n) is 16.3. The first-order valence-corrected chi connectivity index (χ1v) is 17.4. The molecule has 2 aromatic rings. The summed E-state index contributed by atoms with van der Waals surface area (Å²) < 4.78 is 13.4. The van der Waals surface area contributed by atoms with E-state index >= 15 is 0 Å². The van der Waals surface area contributed by atoms with Crippen LogP contribution < -0.4 is 4.90 Å². The third kappa shape index (κ3) is 5.68. The number of aliphatic hydroxyl groups excluding tert-OH is 1. The molecule has 0 saturated carbocycles. The number of benzene rings is 2. The van der Waals surface area contributed by atoms with Gasteiger partial charge < -0.3 is 29.3 Å². The highest BCUT2D eigenvalue weighted by Crippen LogP contribution is 2.59. The summed E-state index contributed by atoms with van der Waals surface area (Å²) in [5, 5.41) is 10.8. The van der Waals surface area contributed by atoms with Crippen LogP contribution in [0.3, 0.4) is 0 Å². The predicted molar refractivity (Wildman–Crippen MR) is 183 cm³/mol. The summed E-state index contributed by atoms with van der Waals surface area (Å²) in [5.41, 5.74) is -0.405. The number of cyclic esters (lactones) is 1. The summed E-state index contributed by atoms with van der Waals surface area (Å²) in [6.45, 7) is 3.35. The number of amides is 3. The topological polar surface area (TPSA) is 117 Å². The standard InChI is InChI=1S/C36H39BrClN3O7/c1-4-23(20-42)41-32-34(45)40(26-16-11-10-15-25(26)38)18-12-6-9-17-27(43)39(3)21(2)30(22-13-7-5-8-14-22)47-35(46)28-29(33(41)44)36(32)19-24(37)31(28)48-36/h5-8,10-16,19,21,23,28-32,42H,4,9,17-18,20H2,1-3H3/b12-6-/t21-,23+,28+,29-,30+,31+,32+,36-/m1/s1. The lowest BCUT2D eigenvalue weighted by Gasteiger charge is -2.38. The van der Waals surface area contributed by atoms with Gasteiger partial charge in [-0.3, -0.25) is 19.2 Å². The molecule has 1 N–H and O–H groups in total. The molecule has 4 heterocycles. The monoisotopic (exact) mass is 739 g/mol. The van der Waals surface area contributed by atoms with E-state index in [1.54, 1.807) is 48.4 Å².